The van der Waals surface area contributed by atoms with Crippen LogP contribution in [0.2, 0.25) is 0 Å². The highest BCUT2D eigenvalue weighted by molar-refractivity contribution is 5.78. The Morgan fingerprint density at radius 2 is 1.84 bits per heavy atom. The number of hydrogen-bond acceptors (Lipinski definition) is 3. The maximum atomic E-state index is 11.8. The maximum Gasteiger partial charge on any atom is 0.236 e. The molecule has 0 spiro atoms. The van der Waals surface area contributed by atoms with Gasteiger partial charge in [-0.25, -0.2) is 0 Å². The van der Waals surface area contributed by atoms with Crippen LogP contribution < -0.4 is 10.6 Å². The van der Waals surface area contributed by atoms with Gasteiger partial charge in [0.1, 0.15) is 0 Å². The van der Waals surface area contributed by atoms with E-state index in [9.17, 15) is 9.59 Å². The van der Waals surface area contributed by atoms with Crippen molar-refractivity contribution in [2.75, 3.05) is 32.7 Å². The van der Waals surface area contributed by atoms with E-state index >= 15 is 0 Å². The van der Waals surface area contributed by atoms with E-state index in [1.165, 1.54) is 6.42 Å². The number of piperidine rings is 1. The summed E-state index contributed by atoms with van der Waals surface area (Å²) < 4.78 is 0. The molecule has 1 rings (SSSR count). The van der Waals surface area contributed by atoms with Gasteiger partial charge in [0.15, 0.2) is 0 Å². The molecule has 0 atom stereocenters. The van der Waals surface area contributed by atoms with E-state index in [1.54, 1.807) is 0 Å². The number of likely N-dealkylation sites (tertiary alicyclic amines) is 1. The molecular formula is C14H27N3O2. The summed E-state index contributed by atoms with van der Waals surface area (Å²) in [5, 5.41) is 5.91. The molecule has 0 aromatic rings. The summed E-state index contributed by atoms with van der Waals surface area (Å²) in [6.45, 7) is 7.52. The molecule has 2 amide bonds. The molecule has 5 heteroatoms. The molecule has 0 aromatic carbocycles. The lowest BCUT2D eigenvalue weighted by Gasteiger charge is -2.26. The van der Waals surface area contributed by atoms with Crippen LogP contribution in [0, 0.1) is 5.92 Å². The molecule has 1 heterocycles. The van der Waals surface area contributed by atoms with Gasteiger partial charge in [0.2, 0.25) is 11.8 Å². The Morgan fingerprint density at radius 3 is 2.47 bits per heavy atom. The van der Waals surface area contributed by atoms with Crippen LogP contribution in [0.3, 0.4) is 0 Å². The van der Waals surface area contributed by atoms with Crippen LogP contribution in [-0.4, -0.2) is 49.4 Å². The van der Waals surface area contributed by atoms with Crippen LogP contribution in [0.1, 0.15) is 39.5 Å². The first-order chi connectivity index (χ1) is 9.09. The third kappa shape index (κ3) is 7.15. The minimum Gasteiger partial charge on any atom is -0.356 e. The quantitative estimate of drug-likeness (QED) is 0.671. The van der Waals surface area contributed by atoms with Gasteiger partial charge in [-0.15, -0.1) is 0 Å². The first-order valence-corrected chi connectivity index (χ1v) is 7.35. The lowest BCUT2D eigenvalue weighted by atomic mass is 10.1. The highest BCUT2D eigenvalue weighted by atomic mass is 16.2. The van der Waals surface area contributed by atoms with E-state index in [0.29, 0.717) is 32.0 Å². The number of carbonyl (C=O) groups is 2. The third-order valence-corrected chi connectivity index (χ3v) is 3.22. The molecule has 0 radical (unpaired) electrons. The van der Waals surface area contributed by atoms with Crippen LogP contribution in [0.15, 0.2) is 0 Å². The van der Waals surface area contributed by atoms with E-state index < -0.39 is 0 Å². The van der Waals surface area contributed by atoms with Crippen LogP contribution in [0.5, 0.6) is 0 Å². The van der Waals surface area contributed by atoms with E-state index in [0.717, 1.165) is 25.9 Å². The number of carbonyl (C=O) groups excluding carboxylic acids is 2. The van der Waals surface area contributed by atoms with Crippen LogP contribution in [0.25, 0.3) is 0 Å². The number of nitrogens with one attached hydrogen (secondary N) is 2. The number of nitrogens with zero attached hydrogens (tertiary/aromatic N) is 1. The van der Waals surface area contributed by atoms with Crippen molar-refractivity contribution in [1.82, 2.24) is 15.5 Å². The van der Waals surface area contributed by atoms with E-state index in [2.05, 4.69) is 24.5 Å². The minimum absolute atomic E-state index is 0.0478. The molecule has 0 aromatic heterocycles. The Hall–Kier alpha value is -1.10. The van der Waals surface area contributed by atoms with Crippen molar-refractivity contribution in [1.29, 1.82) is 0 Å². The molecule has 1 aliphatic heterocycles. The first-order valence-electron chi connectivity index (χ1n) is 7.35. The van der Waals surface area contributed by atoms with Crippen LogP contribution in [-0.2, 0) is 9.59 Å². The normalized spacial score (nSPS) is 15.6. The second-order valence-corrected chi connectivity index (χ2v) is 5.57. The fourth-order valence-corrected chi connectivity index (χ4v) is 2.06. The summed E-state index contributed by atoms with van der Waals surface area (Å²) in [6.07, 6.45) is 3.89. The molecular weight excluding hydrogens is 242 g/mol. The zero-order valence-corrected chi connectivity index (χ0v) is 12.2. The monoisotopic (exact) mass is 269 g/mol. The second kappa shape index (κ2) is 8.91. The van der Waals surface area contributed by atoms with Gasteiger partial charge in [-0.05, 0) is 25.2 Å². The summed E-state index contributed by atoms with van der Waals surface area (Å²) in [7, 11) is 0. The molecule has 5 nitrogen and oxygen atoms in total. The highest BCUT2D eigenvalue weighted by Crippen LogP contribution is 2.08. The molecule has 2 N–H and O–H groups in total. The molecule has 19 heavy (non-hydrogen) atoms. The van der Waals surface area contributed by atoms with Gasteiger partial charge in [-0.2, -0.15) is 0 Å². The molecule has 110 valence electrons. The predicted octanol–water partition coefficient (Wildman–Crippen LogP) is 0.751. The zero-order chi connectivity index (χ0) is 14.1. The van der Waals surface area contributed by atoms with Gasteiger partial charge in [0, 0.05) is 32.6 Å². The predicted molar refractivity (Wildman–Crippen MR) is 75.8 cm³/mol. The van der Waals surface area contributed by atoms with Crippen LogP contribution >= 0.6 is 0 Å². The summed E-state index contributed by atoms with van der Waals surface area (Å²) >= 11 is 0. The van der Waals surface area contributed by atoms with Crippen molar-refractivity contribution in [3.8, 4) is 0 Å². The van der Waals surface area contributed by atoms with E-state index in [1.807, 2.05) is 4.90 Å². The van der Waals surface area contributed by atoms with Gasteiger partial charge in [0.05, 0.1) is 6.54 Å². The largest absolute Gasteiger partial charge is 0.356 e. The van der Waals surface area contributed by atoms with E-state index in [4.69, 9.17) is 0 Å². The Balaban J connectivity index is 2.03. The van der Waals surface area contributed by atoms with Crippen molar-refractivity contribution >= 4 is 11.8 Å². The van der Waals surface area contributed by atoms with Gasteiger partial charge >= 0.3 is 0 Å². The topological polar surface area (TPSA) is 61.4 Å². The first kappa shape index (κ1) is 16.0. The average molecular weight is 269 g/mol. The maximum absolute atomic E-state index is 11.8. The lowest BCUT2D eigenvalue weighted by Crippen LogP contribution is -2.41. The minimum atomic E-state index is 0.0478. The van der Waals surface area contributed by atoms with Crippen molar-refractivity contribution < 1.29 is 9.59 Å². The third-order valence-electron chi connectivity index (χ3n) is 3.22. The van der Waals surface area contributed by atoms with E-state index in [-0.39, 0.29) is 11.8 Å². The van der Waals surface area contributed by atoms with Crippen molar-refractivity contribution in [2.24, 2.45) is 5.92 Å². The molecule has 0 unspecified atom stereocenters. The second-order valence-electron chi connectivity index (χ2n) is 5.57. The zero-order valence-electron chi connectivity index (χ0n) is 12.2. The van der Waals surface area contributed by atoms with Crippen molar-refractivity contribution in [3.63, 3.8) is 0 Å². The van der Waals surface area contributed by atoms with Gasteiger partial charge < -0.3 is 15.5 Å². The fourth-order valence-electron chi connectivity index (χ4n) is 2.06. The average Bonchev–Trinajstić information content (AvgIpc) is 2.42. The van der Waals surface area contributed by atoms with Gasteiger partial charge in [-0.1, -0.05) is 13.8 Å². The smallest absolute Gasteiger partial charge is 0.236 e. The van der Waals surface area contributed by atoms with Gasteiger partial charge in [0.25, 0.3) is 0 Å². The molecule has 1 aliphatic rings. The number of rotatable bonds is 7. The van der Waals surface area contributed by atoms with Crippen molar-refractivity contribution in [3.05, 3.63) is 0 Å². The van der Waals surface area contributed by atoms with Crippen LogP contribution in [0.4, 0.5) is 0 Å². The summed E-state index contributed by atoms with van der Waals surface area (Å²) in [5.41, 5.74) is 0. The lowest BCUT2D eigenvalue weighted by molar-refractivity contribution is -0.131. The SMILES string of the molecule is CC(C)CNC(=O)CCNCC(=O)N1CCCCC1. The fraction of sp³-hybridized carbons (Fsp3) is 0.857. The Kier molecular flexibility index (Phi) is 7.48. The standard InChI is InChI=1S/C14H27N3O2/c1-12(2)10-16-13(18)6-7-15-11-14(19)17-8-4-3-5-9-17/h12,15H,3-11H2,1-2H3,(H,16,18). The summed E-state index contributed by atoms with van der Waals surface area (Å²) in [4.78, 5) is 25.2. The Labute approximate surface area is 116 Å². The van der Waals surface area contributed by atoms with Gasteiger partial charge in [-0.3, -0.25) is 9.59 Å². The Morgan fingerprint density at radius 1 is 1.16 bits per heavy atom. The number of amides is 2. The Bertz CT molecular complexity index is 286. The summed E-state index contributed by atoms with van der Waals surface area (Å²) in [5.74, 6) is 0.673. The molecule has 1 saturated heterocycles. The van der Waals surface area contributed by atoms with Crippen molar-refractivity contribution in [2.45, 2.75) is 39.5 Å². The molecule has 0 saturated carbocycles. The summed E-state index contributed by atoms with van der Waals surface area (Å²) in [6, 6.07) is 0. The number of hydrogen-bond donors (Lipinski definition) is 2. The molecule has 0 bridgehead atoms. The highest BCUT2D eigenvalue weighted by Gasteiger charge is 2.15. The molecule has 1 fully saturated rings. The molecule has 0 aliphatic carbocycles.